The molecule has 0 N–H and O–H groups in total. The van der Waals surface area contributed by atoms with Gasteiger partial charge in [-0.15, -0.1) is 0 Å². The fourth-order valence-electron chi connectivity index (χ4n) is 2.12. The first kappa shape index (κ1) is 12.2. The zero-order valence-corrected chi connectivity index (χ0v) is 10.1. The van der Waals surface area contributed by atoms with Crippen LogP contribution in [0.15, 0.2) is 30.9 Å². The van der Waals surface area contributed by atoms with Crippen LogP contribution in [0.2, 0.25) is 0 Å². The zero-order valence-electron chi connectivity index (χ0n) is 10.1. The maximum atomic E-state index is 13.0. The van der Waals surface area contributed by atoms with Crippen molar-refractivity contribution in [2.24, 2.45) is 5.92 Å². The van der Waals surface area contributed by atoms with Gasteiger partial charge >= 0.3 is 6.18 Å². The molecule has 0 aliphatic heterocycles. The van der Waals surface area contributed by atoms with Crippen LogP contribution in [-0.2, 0) is 12.7 Å². The van der Waals surface area contributed by atoms with Gasteiger partial charge in [-0.2, -0.15) is 13.2 Å². The number of nitrogens with zero attached hydrogens (tertiary/aromatic N) is 3. The van der Waals surface area contributed by atoms with E-state index in [2.05, 4.69) is 9.97 Å². The fraction of sp³-hybridized carbons (Fsp3) is 0.385. The van der Waals surface area contributed by atoms with E-state index in [1.54, 1.807) is 16.7 Å². The highest BCUT2D eigenvalue weighted by atomic mass is 19.4. The molecule has 6 heteroatoms. The van der Waals surface area contributed by atoms with Crippen molar-refractivity contribution < 1.29 is 13.2 Å². The molecule has 0 unspecified atom stereocenters. The largest absolute Gasteiger partial charge is 0.435 e. The summed E-state index contributed by atoms with van der Waals surface area (Å²) in [4.78, 5) is 7.40. The minimum Gasteiger partial charge on any atom is -0.330 e. The molecule has 0 spiro atoms. The molecular formula is C13H12F3N3. The lowest BCUT2D eigenvalue weighted by Gasteiger charge is -2.11. The van der Waals surface area contributed by atoms with Crippen molar-refractivity contribution in [3.8, 4) is 11.3 Å². The predicted molar refractivity (Wildman–Crippen MR) is 63.2 cm³/mol. The van der Waals surface area contributed by atoms with Crippen molar-refractivity contribution in [3.05, 3.63) is 36.5 Å². The molecule has 100 valence electrons. The Hall–Kier alpha value is -1.85. The highest BCUT2D eigenvalue weighted by Crippen LogP contribution is 2.38. The Morgan fingerprint density at radius 2 is 1.89 bits per heavy atom. The monoisotopic (exact) mass is 267 g/mol. The lowest BCUT2D eigenvalue weighted by Crippen LogP contribution is -2.09. The summed E-state index contributed by atoms with van der Waals surface area (Å²) in [6, 6.07) is 3.16. The second-order valence-electron chi connectivity index (χ2n) is 4.77. The maximum absolute atomic E-state index is 13.0. The van der Waals surface area contributed by atoms with Crippen molar-refractivity contribution in [2.75, 3.05) is 0 Å². The van der Waals surface area contributed by atoms with E-state index < -0.39 is 11.9 Å². The van der Waals surface area contributed by atoms with Gasteiger partial charge in [0.1, 0.15) is 0 Å². The maximum Gasteiger partial charge on any atom is 0.435 e. The SMILES string of the molecule is FC(F)(F)c1ncn(CC2CC2)c1-c1ccncc1. The third-order valence-electron chi connectivity index (χ3n) is 3.21. The quantitative estimate of drug-likeness (QED) is 0.853. The molecule has 0 aromatic carbocycles. The molecular weight excluding hydrogens is 255 g/mol. The summed E-state index contributed by atoms with van der Waals surface area (Å²) in [6.45, 7) is 0.598. The van der Waals surface area contributed by atoms with Crippen LogP contribution in [0, 0.1) is 5.92 Å². The molecule has 1 fully saturated rings. The van der Waals surface area contributed by atoms with Gasteiger partial charge in [-0.25, -0.2) is 4.98 Å². The zero-order chi connectivity index (χ0) is 13.5. The Morgan fingerprint density at radius 1 is 1.21 bits per heavy atom. The molecule has 3 rings (SSSR count). The average molecular weight is 267 g/mol. The second-order valence-corrected chi connectivity index (χ2v) is 4.77. The number of alkyl halides is 3. The van der Waals surface area contributed by atoms with Gasteiger partial charge < -0.3 is 4.57 Å². The van der Waals surface area contributed by atoms with E-state index in [0.717, 1.165) is 12.8 Å². The van der Waals surface area contributed by atoms with Gasteiger partial charge in [0.25, 0.3) is 0 Å². The lowest BCUT2D eigenvalue weighted by molar-refractivity contribution is -0.140. The lowest BCUT2D eigenvalue weighted by atomic mass is 10.1. The smallest absolute Gasteiger partial charge is 0.330 e. The molecule has 2 aromatic heterocycles. The number of imidazole rings is 1. The second kappa shape index (κ2) is 4.36. The van der Waals surface area contributed by atoms with E-state index in [4.69, 9.17) is 0 Å². The van der Waals surface area contributed by atoms with Gasteiger partial charge in [0.05, 0.1) is 12.0 Å². The normalized spacial score (nSPS) is 15.7. The summed E-state index contributed by atoms with van der Waals surface area (Å²) in [5, 5.41) is 0. The van der Waals surface area contributed by atoms with Crippen molar-refractivity contribution in [2.45, 2.75) is 25.6 Å². The van der Waals surface area contributed by atoms with E-state index in [1.807, 2.05) is 0 Å². The molecule has 2 heterocycles. The summed E-state index contributed by atoms with van der Waals surface area (Å²) in [6.07, 6.45) is 1.99. The minimum absolute atomic E-state index is 0.141. The van der Waals surface area contributed by atoms with Gasteiger partial charge in [-0.1, -0.05) is 0 Å². The minimum atomic E-state index is -4.44. The van der Waals surface area contributed by atoms with Crippen molar-refractivity contribution >= 4 is 0 Å². The van der Waals surface area contributed by atoms with Crippen molar-refractivity contribution in [1.29, 1.82) is 0 Å². The molecule has 19 heavy (non-hydrogen) atoms. The molecule has 0 bridgehead atoms. The number of hydrogen-bond acceptors (Lipinski definition) is 2. The van der Waals surface area contributed by atoms with Gasteiger partial charge in [0, 0.05) is 24.5 Å². The van der Waals surface area contributed by atoms with Crippen molar-refractivity contribution in [1.82, 2.24) is 14.5 Å². The van der Waals surface area contributed by atoms with Crippen molar-refractivity contribution in [3.63, 3.8) is 0 Å². The highest BCUT2D eigenvalue weighted by Gasteiger charge is 2.38. The van der Waals surface area contributed by atoms with Crippen LogP contribution >= 0.6 is 0 Å². The molecule has 0 saturated heterocycles. The molecule has 0 atom stereocenters. The summed E-state index contributed by atoms with van der Waals surface area (Å²) >= 11 is 0. The molecule has 2 aromatic rings. The predicted octanol–water partition coefficient (Wildman–Crippen LogP) is 3.37. The number of rotatable bonds is 3. The standard InChI is InChI=1S/C13H12F3N3/c14-13(15,16)12-11(10-3-5-17-6-4-10)19(8-18-12)7-9-1-2-9/h3-6,8-9H,1-2,7H2. The Bertz CT molecular complexity index is 571. The number of aromatic nitrogens is 3. The molecule has 3 nitrogen and oxygen atoms in total. The summed E-state index contributed by atoms with van der Waals surface area (Å²) in [5.74, 6) is 0.482. The first-order valence-electron chi connectivity index (χ1n) is 6.08. The number of halogens is 3. The topological polar surface area (TPSA) is 30.7 Å². The van der Waals surface area contributed by atoms with E-state index >= 15 is 0 Å². The first-order valence-corrected chi connectivity index (χ1v) is 6.08. The van der Waals surface area contributed by atoms with Gasteiger partial charge in [0.15, 0.2) is 5.69 Å². The number of pyridine rings is 1. The van der Waals surface area contributed by atoms with Crippen LogP contribution in [0.25, 0.3) is 11.3 Å². The summed E-state index contributed by atoms with van der Waals surface area (Å²) in [5.41, 5.74) is -0.179. The Morgan fingerprint density at radius 3 is 2.47 bits per heavy atom. The Labute approximate surface area is 108 Å². The van der Waals surface area contributed by atoms with E-state index in [9.17, 15) is 13.2 Å². The molecule has 1 aliphatic rings. The molecule has 0 amide bonds. The van der Waals surface area contributed by atoms with E-state index in [0.29, 0.717) is 18.0 Å². The van der Waals surface area contributed by atoms with Crippen LogP contribution in [0.3, 0.4) is 0 Å². The van der Waals surface area contributed by atoms with Gasteiger partial charge in [0.2, 0.25) is 0 Å². The first-order chi connectivity index (χ1) is 9.05. The molecule has 1 aliphatic carbocycles. The molecule has 1 saturated carbocycles. The third-order valence-corrected chi connectivity index (χ3v) is 3.21. The number of hydrogen-bond donors (Lipinski definition) is 0. The van der Waals surface area contributed by atoms with E-state index in [1.165, 1.54) is 18.7 Å². The Kier molecular flexibility index (Phi) is 2.80. The van der Waals surface area contributed by atoms with E-state index in [-0.39, 0.29) is 5.69 Å². The summed E-state index contributed by atoms with van der Waals surface area (Å²) < 4.78 is 40.6. The van der Waals surface area contributed by atoms with Gasteiger partial charge in [-0.05, 0) is 30.9 Å². The Balaban J connectivity index is 2.09. The highest BCUT2D eigenvalue weighted by molar-refractivity contribution is 5.62. The van der Waals surface area contributed by atoms with Crippen LogP contribution in [0.4, 0.5) is 13.2 Å². The third kappa shape index (κ3) is 2.47. The van der Waals surface area contributed by atoms with Crippen LogP contribution in [0.1, 0.15) is 18.5 Å². The average Bonchev–Trinajstić information content (AvgIpc) is 3.06. The van der Waals surface area contributed by atoms with Gasteiger partial charge in [-0.3, -0.25) is 4.98 Å². The van der Waals surface area contributed by atoms with Crippen LogP contribution in [0.5, 0.6) is 0 Å². The fourth-order valence-corrected chi connectivity index (χ4v) is 2.12. The van der Waals surface area contributed by atoms with Crippen LogP contribution < -0.4 is 0 Å². The molecule has 0 radical (unpaired) electrons. The summed E-state index contributed by atoms with van der Waals surface area (Å²) in [7, 11) is 0. The van der Waals surface area contributed by atoms with Crippen LogP contribution in [-0.4, -0.2) is 14.5 Å².